The molecule has 0 bridgehead atoms. The van der Waals surface area contributed by atoms with E-state index >= 15 is 0 Å². The number of likely N-dealkylation sites (tertiary alicyclic amines) is 1. The molecule has 122 valence electrons. The van der Waals surface area contributed by atoms with E-state index in [1.165, 1.54) is 12.8 Å². The van der Waals surface area contributed by atoms with Crippen LogP contribution in [0.25, 0.3) is 0 Å². The zero-order valence-electron chi connectivity index (χ0n) is 13.5. The number of rotatable bonds is 4. The number of carbonyl (C=O) groups is 1. The molecular formula is C18H22N2O2S. The maximum absolute atomic E-state index is 12.5. The highest BCUT2D eigenvalue weighted by atomic mass is 32.1. The van der Waals surface area contributed by atoms with Gasteiger partial charge >= 0.3 is 0 Å². The van der Waals surface area contributed by atoms with Gasteiger partial charge in [-0.3, -0.25) is 4.79 Å². The summed E-state index contributed by atoms with van der Waals surface area (Å²) in [5, 5.41) is 2.98. The number of benzene rings is 1. The molecule has 1 aliphatic rings. The Morgan fingerprint density at radius 3 is 2.48 bits per heavy atom. The van der Waals surface area contributed by atoms with E-state index in [2.05, 4.69) is 4.98 Å². The molecule has 0 radical (unpaired) electrons. The van der Waals surface area contributed by atoms with E-state index in [0.717, 1.165) is 47.9 Å². The third-order valence-corrected chi connectivity index (χ3v) is 4.96. The monoisotopic (exact) mass is 330 g/mol. The highest BCUT2D eigenvalue weighted by Gasteiger charge is 2.17. The lowest BCUT2D eigenvalue weighted by molar-refractivity contribution is 0.0761. The molecule has 0 saturated carbocycles. The zero-order valence-corrected chi connectivity index (χ0v) is 14.3. The number of amides is 1. The molecule has 23 heavy (non-hydrogen) atoms. The molecule has 1 saturated heterocycles. The van der Waals surface area contributed by atoms with Crippen LogP contribution >= 0.6 is 11.3 Å². The average Bonchev–Trinajstić information content (AvgIpc) is 2.83. The second-order valence-electron chi connectivity index (χ2n) is 5.90. The maximum atomic E-state index is 12.5. The van der Waals surface area contributed by atoms with Gasteiger partial charge in [-0.05, 0) is 44.0 Å². The first-order valence-corrected chi connectivity index (χ1v) is 9.03. The van der Waals surface area contributed by atoms with Crippen LogP contribution in [-0.2, 0) is 6.61 Å². The summed E-state index contributed by atoms with van der Waals surface area (Å²) in [4.78, 5) is 18.9. The van der Waals surface area contributed by atoms with Crippen LogP contribution in [0.1, 0.15) is 46.7 Å². The van der Waals surface area contributed by atoms with Gasteiger partial charge in [0.25, 0.3) is 5.91 Å². The maximum Gasteiger partial charge on any atom is 0.253 e. The lowest BCUT2D eigenvalue weighted by Crippen LogP contribution is -2.31. The van der Waals surface area contributed by atoms with Crippen molar-refractivity contribution in [3.8, 4) is 5.75 Å². The van der Waals surface area contributed by atoms with Gasteiger partial charge in [-0.1, -0.05) is 12.8 Å². The topological polar surface area (TPSA) is 42.4 Å². The summed E-state index contributed by atoms with van der Waals surface area (Å²) in [7, 11) is 0. The summed E-state index contributed by atoms with van der Waals surface area (Å²) in [6, 6.07) is 7.45. The molecule has 0 unspecified atom stereocenters. The number of thiazole rings is 1. The first kappa shape index (κ1) is 16.0. The van der Waals surface area contributed by atoms with Crippen molar-refractivity contribution in [2.45, 2.75) is 39.2 Å². The summed E-state index contributed by atoms with van der Waals surface area (Å²) in [6.45, 7) is 4.20. The van der Waals surface area contributed by atoms with Crippen molar-refractivity contribution in [1.29, 1.82) is 0 Å². The molecule has 5 heteroatoms. The Hall–Kier alpha value is -1.88. The summed E-state index contributed by atoms with van der Waals surface area (Å²) in [6.07, 6.45) is 4.68. The molecule has 2 heterocycles. The van der Waals surface area contributed by atoms with Gasteiger partial charge in [0.05, 0.1) is 0 Å². The minimum Gasteiger partial charge on any atom is -0.486 e. The molecule has 1 aromatic carbocycles. The Kier molecular flexibility index (Phi) is 5.28. The third kappa shape index (κ3) is 4.32. The predicted molar refractivity (Wildman–Crippen MR) is 92.0 cm³/mol. The fourth-order valence-electron chi connectivity index (χ4n) is 2.76. The normalized spacial score (nSPS) is 15.3. The zero-order chi connectivity index (χ0) is 16.1. The van der Waals surface area contributed by atoms with Gasteiger partial charge in [0.2, 0.25) is 0 Å². The quantitative estimate of drug-likeness (QED) is 0.849. The van der Waals surface area contributed by atoms with Crippen LogP contribution in [0.5, 0.6) is 5.75 Å². The summed E-state index contributed by atoms with van der Waals surface area (Å²) in [5.41, 5.74) is 1.76. The van der Waals surface area contributed by atoms with Crippen LogP contribution in [-0.4, -0.2) is 28.9 Å². The number of hydrogen-bond donors (Lipinski definition) is 0. The van der Waals surface area contributed by atoms with Gasteiger partial charge in [-0.2, -0.15) is 0 Å². The van der Waals surface area contributed by atoms with E-state index in [1.54, 1.807) is 11.3 Å². The smallest absolute Gasteiger partial charge is 0.253 e. The van der Waals surface area contributed by atoms with Gasteiger partial charge in [0.1, 0.15) is 17.4 Å². The Balaban J connectivity index is 1.58. The van der Waals surface area contributed by atoms with Crippen LogP contribution < -0.4 is 4.74 Å². The Morgan fingerprint density at radius 1 is 1.17 bits per heavy atom. The number of aryl methyl sites for hydroxylation is 1. The number of carbonyl (C=O) groups excluding carboxylic acids is 1. The van der Waals surface area contributed by atoms with E-state index < -0.39 is 0 Å². The molecular weight excluding hydrogens is 308 g/mol. The van der Waals surface area contributed by atoms with Gasteiger partial charge in [0, 0.05) is 29.7 Å². The SMILES string of the molecule is Cc1csc(COc2ccc(C(=O)N3CCCCCC3)cc2)n1. The minimum absolute atomic E-state index is 0.133. The van der Waals surface area contributed by atoms with Gasteiger partial charge in [0.15, 0.2) is 0 Å². The van der Waals surface area contributed by atoms with Crippen molar-refractivity contribution < 1.29 is 9.53 Å². The van der Waals surface area contributed by atoms with Crippen molar-refractivity contribution >= 4 is 17.2 Å². The molecule has 1 fully saturated rings. The molecule has 0 spiro atoms. The Bertz CT molecular complexity index is 643. The molecule has 0 atom stereocenters. The van der Waals surface area contributed by atoms with Crippen molar-refractivity contribution in [3.63, 3.8) is 0 Å². The predicted octanol–water partition coefficient (Wildman–Crippen LogP) is 4.05. The first-order chi connectivity index (χ1) is 11.2. The fourth-order valence-corrected chi connectivity index (χ4v) is 3.45. The molecule has 1 aliphatic heterocycles. The highest BCUT2D eigenvalue weighted by molar-refractivity contribution is 7.09. The van der Waals surface area contributed by atoms with E-state index in [0.29, 0.717) is 6.61 Å². The van der Waals surface area contributed by atoms with Crippen molar-refractivity contribution in [3.05, 3.63) is 45.9 Å². The van der Waals surface area contributed by atoms with E-state index in [9.17, 15) is 4.79 Å². The molecule has 3 rings (SSSR count). The van der Waals surface area contributed by atoms with Gasteiger partial charge < -0.3 is 9.64 Å². The number of hydrogen-bond acceptors (Lipinski definition) is 4. The number of nitrogens with zero attached hydrogens (tertiary/aromatic N) is 2. The van der Waals surface area contributed by atoms with Crippen molar-refractivity contribution in [1.82, 2.24) is 9.88 Å². The lowest BCUT2D eigenvalue weighted by Gasteiger charge is -2.20. The Labute approximate surface area is 141 Å². The van der Waals surface area contributed by atoms with Crippen LogP contribution in [0.2, 0.25) is 0 Å². The molecule has 0 aliphatic carbocycles. The molecule has 2 aromatic rings. The number of aromatic nitrogens is 1. The second kappa shape index (κ2) is 7.59. The highest BCUT2D eigenvalue weighted by Crippen LogP contribution is 2.18. The lowest BCUT2D eigenvalue weighted by atomic mass is 10.2. The minimum atomic E-state index is 0.133. The Morgan fingerprint density at radius 2 is 1.87 bits per heavy atom. The fraction of sp³-hybridized carbons (Fsp3) is 0.444. The van der Waals surface area contributed by atoms with E-state index in [1.807, 2.05) is 41.5 Å². The molecule has 1 aromatic heterocycles. The molecule has 0 N–H and O–H groups in total. The van der Waals surface area contributed by atoms with Crippen LogP contribution in [0, 0.1) is 6.92 Å². The molecule has 4 nitrogen and oxygen atoms in total. The summed E-state index contributed by atoms with van der Waals surface area (Å²) < 4.78 is 5.73. The third-order valence-electron chi connectivity index (χ3n) is 4.02. The molecule has 1 amide bonds. The van der Waals surface area contributed by atoms with E-state index in [4.69, 9.17) is 4.74 Å². The summed E-state index contributed by atoms with van der Waals surface area (Å²) >= 11 is 1.60. The van der Waals surface area contributed by atoms with E-state index in [-0.39, 0.29) is 5.91 Å². The summed E-state index contributed by atoms with van der Waals surface area (Å²) in [5.74, 6) is 0.902. The standard InChI is InChI=1S/C18H22N2O2S/c1-14-13-23-17(19-14)12-22-16-8-6-15(7-9-16)18(21)20-10-4-2-3-5-11-20/h6-9,13H,2-5,10-12H2,1H3. The largest absolute Gasteiger partial charge is 0.486 e. The number of ether oxygens (including phenoxy) is 1. The van der Waals surface area contributed by atoms with Gasteiger partial charge in [-0.25, -0.2) is 4.98 Å². The first-order valence-electron chi connectivity index (χ1n) is 8.15. The van der Waals surface area contributed by atoms with Gasteiger partial charge in [-0.15, -0.1) is 11.3 Å². The van der Waals surface area contributed by atoms with Crippen LogP contribution in [0.3, 0.4) is 0 Å². The second-order valence-corrected chi connectivity index (χ2v) is 6.84. The van der Waals surface area contributed by atoms with Crippen LogP contribution in [0.4, 0.5) is 0 Å². The van der Waals surface area contributed by atoms with Crippen LogP contribution in [0.15, 0.2) is 29.6 Å². The van der Waals surface area contributed by atoms with Crippen molar-refractivity contribution in [2.75, 3.05) is 13.1 Å². The van der Waals surface area contributed by atoms with Crippen molar-refractivity contribution in [2.24, 2.45) is 0 Å². The average molecular weight is 330 g/mol.